The Morgan fingerprint density at radius 1 is 1.00 bits per heavy atom. The monoisotopic (exact) mass is 510 g/mol. The van der Waals surface area contributed by atoms with Crippen molar-refractivity contribution in [2.45, 2.75) is 51.6 Å². The summed E-state index contributed by atoms with van der Waals surface area (Å²) in [5.74, 6) is 1.57. The summed E-state index contributed by atoms with van der Waals surface area (Å²) >= 11 is 3.50. The van der Waals surface area contributed by atoms with Crippen LogP contribution in [0.25, 0.3) is 10.9 Å². The van der Waals surface area contributed by atoms with Gasteiger partial charge >= 0.3 is 6.03 Å². The Kier molecular flexibility index (Phi) is 7.02. The predicted molar refractivity (Wildman–Crippen MR) is 139 cm³/mol. The van der Waals surface area contributed by atoms with Crippen LogP contribution < -0.4 is 20.9 Å². The summed E-state index contributed by atoms with van der Waals surface area (Å²) in [5.41, 5.74) is 3.88. The lowest BCUT2D eigenvalue weighted by Crippen LogP contribution is -2.42. The topological polar surface area (TPSA) is 82.2 Å². The molecule has 0 atom stereocenters. The fraction of sp³-hybridized carbons (Fsp3) is 0.400. The van der Waals surface area contributed by atoms with Gasteiger partial charge in [0.1, 0.15) is 5.82 Å². The molecule has 174 valence electrons. The zero-order chi connectivity index (χ0) is 23.5. The SMILES string of the molecule is Cc1cc(Br)cc(C)c1NC(=O)N[C@H]1CC[C@@H](Nc2nc(N(C)C)c3ccccc3n2)CC1. The van der Waals surface area contributed by atoms with Crippen LogP contribution in [0.4, 0.5) is 22.2 Å². The number of aryl methyl sites for hydroxylation is 2. The number of rotatable bonds is 5. The van der Waals surface area contributed by atoms with Crippen LogP contribution in [0.3, 0.4) is 0 Å². The normalized spacial score (nSPS) is 18.1. The highest BCUT2D eigenvalue weighted by Gasteiger charge is 2.24. The molecule has 1 saturated carbocycles. The summed E-state index contributed by atoms with van der Waals surface area (Å²) in [6.07, 6.45) is 3.73. The number of hydrogen-bond donors (Lipinski definition) is 3. The van der Waals surface area contributed by atoms with Crippen molar-refractivity contribution in [2.24, 2.45) is 0 Å². The van der Waals surface area contributed by atoms with Gasteiger partial charge in [0.2, 0.25) is 5.95 Å². The predicted octanol–water partition coefficient (Wildman–Crippen LogP) is 5.62. The molecule has 3 N–H and O–H groups in total. The first kappa shape index (κ1) is 23.3. The third-order valence-electron chi connectivity index (χ3n) is 6.14. The minimum atomic E-state index is -0.145. The largest absolute Gasteiger partial charge is 0.362 e. The number of benzene rings is 2. The van der Waals surface area contributed by atoms with Gasteiger partial charge in [-0.05, 0) is 74.9 Å². The van der Waals surface area contributed by atoms with Crippen molar-refractivity contribution < 1.29 is 4.79 Å². The molecule has 0 spiro atoms. The number of carbonyl (C=O) groups is 1. The number of aromatic nitrogens is 2. The van der Waals surface area contributed by atoms with E-state index in [0.29, 0.717) is 12.0 Å². The standard InChI is InChI=1S/C25H31BrN6O/c1-15-13-17(26)14-16(2)22(15)30-25(33)28-19-11-9-18(10-12-19)27-24-29-21-8-6-5-7-20(21)23(31-24)32(3)4/h5-8,13-14,18-19H,9-12H2,1-4H3,(H,27,29,31)(H2,28,30,33)/t18-,19+. The summed E-state index contributed by atoms with van der Waals surface area (Å²) in [6, 6.07) is 12.4. The Hall–Kier alpha value is -2.87. The molecule has 7 nitrogen and oxygen atoms in total. The van der Waals surface area contributed by atoms with Crippen molar-refractivity contribution in [1.29, 1.82) is 0 Å². The number of anilines is 3. The van der Waals surface area contributed by atoms with Gasteiger partial charge in [0.15, 0.2) is 0 Å². The van der Waals surface area contributed by atoms with E-state index < -0.39 is 0 Å². The van der Waals surface area contributed by atoms with Crippen molar-refractivity contribution in [3.63, 3.8) is 0 Å². The van der Waals surface area contributed by atoms with Gasteiger partial charge in [-0.2, -0.15) is 4.98 Å². The van der Waals surface area contributed by atoms with Gasteiger partial charge in [-0.1, -0.05) is 28.1 Å². The molecule has 1 aromatic heterocycles. The van der Waals surface area contributed by atoms with Gasteiger partial charge in [-0.3, -0.25) is 0 Å². The second-order valence-electron chi connectivity index (χ2n) is 8.99. The minimum absolute atomic E-state index is 0.145. The molecular formula is C25H31BrN6O. The maximum absolute atomic E-state index is 12.6. The van der Waals surface area contributed by atoms with Gasteiger partial charge in [-0.15, -0.1) is 0 Å². The smallest absolute Gasteiger partial charge is 0.319 e. The fourth-order valence-corrected chi connectivity index (χ4v) is 5.16. The van der Waals surface area contributed by atoms with Crippen molar-refractivity contribution in [2.75, 3.05) is 29.6 Å². The first-order chi connectivity index (χ1) is 15.8. The van der Waals surface area contributed by atoms with E-state index in [1.807, 2.05) is 69.2 Å². The van der Waals surface area contributed by atoms with E-state index in [1.54, 1.807) is 0 Å². The molecule has 1 aliphatic rings. The molecule has 1 aliphatic carbocycles. The molecule has 0 radical (unpaired) electrons. The van der Waals surface area contributed by atoms with E-state index >= 15 is 0 Å². The van der Waals surface area contributed by atoms with Crippen LogP contribution in [0.2, 0.25) is 0 Å². The number of nitrogens with one attached hydrogen (secondary N) is 3. The second-order valence-corrected chi connectivity index (χ2v) is 9.90. The third-order valence-corrected chi connectivity index (χ3v) is 6.60. The lowest BCUT2D eigenvalue weighted by atomic mass is 9.91. The molecule has 0 saturated heterocycles. The highest BCUT2D eigenvalue weighted by Crippen LogP contribution is 2.27. The minimum Gasteiger partial charge on any atom is -0.362 e. The molecule has 0 aliphatic heterocycles. The molecule has 0 bridgehead atoms. The highest BCUT2D eigenvalue weighted by atomic mass is 79.9. The van der Waals surface area contributed by atoms with E-state index in [1.165, 1.54) is 0 Å². The quantitative estimate of drug-likeness (QED) is 0.414. The van der Waals surface area contributed by atoms with Gasteiger partial charge < -0.3 is 20.9 Å². The van der Waals surface area contributed by atoms with Crippen molar-refractivity contribution in [3.8, 4) is 0 Å². The second kappa shape index (κ2) is 9.95. The van der Waals surface area contributed by atoms with Crippen molar-refractivity contribution in [3.05, 3.63) is 52.0 Å². The van der Waals surface area contributed by atoms with Gasteiger partial charge in [0.05, 0.1) is 5.52 Å². The van der Waals surface area contributed by atoms with Crippen LogP contribution in [-0.2, 0) is 0 Å². The molecule has 33 heavy (non-hydrogen) atoms. The molecule has 0 unspecified atom stereocenters. The van der Waals surface area contributed by atoms with E-state index in [-0.39, 0.29) is 12.1 Å². The number of para-hydroxylation sites is 1. The number of carbonyl (C=O) groups excluding carboxylic acids is 1. The first-order valence-electron chi connectivity index (χ1n) is 11.3. The molecular weight excluding hydrogens is 480 g/mol. The molecule has 1 fully saturated rings. The van der Waals surface area contributed by atoms with Crippen molar-refractivity contribution >= 4 is 50.3 Å². The summed E-state index contributed by atoms with van der Waals surface area (Å²) in [4.78, 5) is 24.1. The summed E-state index contributed by atoms with van der Waals surface area (Å²) < 4.78 is 1.02. The summed E-state index contributed by atoms with van der Waals surface area (Å²) in [5, 5.41) is 10.7. The van der Waals surface area contributed by atoms with Gasteiger partial charge in [0.25, 0.3) is 0 Å². The van der Waals surface area contributed by atoms with E-state index in [0.717, 1.165) is 63.7 Å². The van der Waals surface area contributed by atoms with Gasteiger partial charge in [0, 0.05) is 41.7 Å². The number of fused-ring (bicyclic) bond motifs is 1. The number of nitrogens with zero attached hydrogens (tertiary/aromatic N) is 3. The first-order valence-corrected chi connectivity index (χ1v) is 12.1. The Balaban J connectivity index is 1.34. The molecule has 2 amide bonds. The Morgan fingerprint density at radius 3 is 2.30 bits per heavy atom. The molecule has 3 aromatic rings. The van der Waals surface area contributed by atoms with E-state index in [2.05, 4.69) is 31.9 Å². The van der Waals surface area contributed by atoms with Crippen LogP contribution in [-0.4, -0.2) is 42.2 Å². The number of amides is 2. The van der Waals surface area contributed by atoms with E-state index in [4.69, 9.17) is 9.97 Å². The number of halogens is 1. The summed E-state index contributed by atoms with van der Waals surface area (Å²) in [6.45, 7) is 4.00. The molecule has 1 heterocycles. The van der Waals surface area contributed by atoms with Crippen LogP contribution in [0, 0.1) is 13.8 Å². The fourth-order valence-electron chi connectivity index (χ4n) is 4.47. The lowest BCUT2D eigenvalue weighted by molar-refractivity contribution is 0.243. The Morgan fingerprint density at radius 2 is 1.64 bits per heavy atom. The zero-order valence-corrected chi connectivity index (χ0v) is 21.2. The van der Waals surface area contributed by atoms with Crippen LogP contribution in [0.1, 0.15) is 36.8 Å². The van der Waals surface area contributed by atoms with Crippen LogP contribution in [0.15, 0.2) is 40.9 Å². The van der Waals surface area contributed by atoms with Gasteiger partial charge in [-0.25, -0.2) is 9.78 Å². The van der Waals surface area contributed by atoms with E-state index in [9.17, 15) is 4.79 Å². The maximum atomic E-state index is 12.6. The number of urea groups is 1. The average molecular weight is 511 g/mol. The van der Waals surface area contributed by atoms with Crippen molar-refractivity contribution in [1.82, 2.24) is 15.3 Å². The molecule has 8 heteroatoms. The third kappa shape index (κ3) is 5.55. The number of hydrogen-bond acceptors (Lipinski definition) is 5. The van der Waals surface area contributed by atoms with Crippen LogP contribution in [0.5, 0.6) is 0 Å². The summed E-state index contributed by atoms with van der Waals surface area (Å²) in [7, 11) is 4.00. The Bertz CT molecular complexity index is 1130. The zero-order valence-electron chi connectivity index (χ0n) is 19.6. The molecule has 2 aromatic carbocycles. The maximum Gasteiger partial charge on any atom is 0.319 e. The Labute approximate surface area is 203 Å². The lowest BCUT2D eigenvalue weighted by Gasteiger charge is -2.30. The average Bonchev–Trinajstić information content (AvgIpc) is 2.77. The highest BCUT2D eigenvalue weighted by molar-refractivity contribution is 9.10. The van der Waals surface area contributed by atoms with Crippen LogP contribution >= 0.6 is 15.9 Å². The molecule has 4 rings (SSSR count).